The van der Waals surface area contributed by atoms with Crippen molar-refractivity contribution in [3.8, 4) is 0 Å². The smallest absolute Gasteiger partial charge is 0.232 e. The molecule has 0 radical (unpaired) electrons. The molecule has 2 saturated heterocycles. The van der Waals surface area contributed by atoms with E-state index in [4.69, 9.17) is 26.9 Å². The average Bonchev–Trinajstić information content (AvgIpc) is 3.03. The van der Waals surface area contributed by atoms with E-state index in [9.17, 15) is 0 Å². The summed E-state index contributed by atoms with van der Waals surface area (Å²) in [6.45, 7) is 7.61. The maximum absolute atomic E-state index is 5.63. The Bertz CT molecular complexity index is 703. The molecular formula is C22H36N6OS. The average molecular weight is 433 g/mol. The Kier molecular flexibility index (Phi) is 7.60. The van der Waals surface area contributed by atoms with E-state index in [1.807, 2.05) is 0 Å². The molecule has 2 N–H and O–H groups in total. The van der Waals surface area contributed by atoms with E-state index in [1.165, 1.54) is 51.4 Å². The maximum Gasteiger partial charge on any atom is 0.232 e. The summed E-state index contributed by atoms with van der Waals surface area (Å²) in [6.07, 6.45) is 10.1. The first-order chi connectivity index (χ1) is 14.7. The molecule has 1 aromatic rings. The SMILES string of the molecule is C[C@H]1CCCN(c2cc(N3CCOCC3)nc(NC(=S)NC3CCCCCC3)n2)C1. The Morgan fingerprint density at radius 1 is 0.967 bits per heavy atom. The predicted octanol–water partition coefficient (Wildman–Crippen LogP) is 3.56. The summed E-state index contributed by atoms with van der Waals surface area (Å²) in [6, 6.07) is 2.59. The standard InChI is InChI=1S/C22H36N6OS/c1-17-7-6-10-28(16-17)20-15-19(27-11-13-29-14-12-27)24-21(25-20)26-22(30)23-18-8-4-2-3-5-9-18/h15,17-18H,2-14,16H2,1H3,(H2,23,24,25,26,30)/t17-/m0/s1. The van der Waals surface area contributed by atoms with E-state index in [0.29, 0.717) is 23.0 Å². The first kappa shape index (κ1) is 21.6. The van der Waals surface area contributed by atoms with Gasteiger partial charge in [-0.25, -0.2) is 0 Å². The zero-order valence-corrected chi connectivity index (χ0v) is 19.1. The Morgan fingerprint density at radius 2 is 1.67 bits per heavy atom. The summed E-state index contributed by atoms with van der Waals surface area (Å²) in [5.74, 6) is 3.24. The fourth-order valence-corrected chi connectivity index (χ4v) is 5.00. The molecule has 3 aliphatic rings. The van der Waals surface area contributed by atoms with Crippen LogP contribution in [0.3, 0.4) is 0 Å². The Morgan fingerprint density at radius 3 is 2.37 bits per heavy atom. The fraction of sp³-hybridized carbons (Fsp3) is 0.773. The number of anilines is 3. The summed E-state index contributed by atoms with van der Waals surface area (Å²) in [5, 5.41) is 7.44. The zero-order chi connectivity index (χ0) is 20.8. The van der Waals surface area contributed by atoms with Gasteiger partial charge in [-0.3, -0.25) is 0 Å². The summed E-state index contributed by atoms with van der Waals surface area (Å²) in [4.78, 5) is 14.4. The minimum atomic E-state index is 0.456. The predicted molar refractivity (Wildman–Crippen MR) is 127 cm³/mol. The van der Waals surface area contributed by atoms with Gasteiger partial charge in [0.2, 0.25) is 5.95 Å². The van der Waals surface area contributed by atoms with E-state index in [-0.39, 0.29) is 0 Å². The van der Waals surface area contributed by atoms with Crippen molar-refractivity contribution in [1.29, 1.82) is 0 Å². The highest BCUT2D eigenvalue weighted by Gasteiger charge is 2.22. The van der Waals surface area contributed by atoms with Crippen molar-refractivity contribution in [2.75, 3.05) is 54.5 Å². The van der Waals surface area contributed by atoms with Crippen molar-refractivity contribution in [2.24, 2.45) is 5.92 Å². The topological polar surface area (TPSA) is 65.6 Å². The van der Waals surface area contributed by atoms with Gasteiger partial charge in [0.15, 0.2) is 5.11 Å². The van der Waals surface area contributed by atoms with Crippen LogP contribution < -0.4 is 20.4 Å². The van der Waals surface area contributed by atoms with Gasteiger partial charge in [-0.05, 0) is 43.8 Å². The van der Waals surface area contributed by atoms with Crippen molar-refractivity contribution in [2.45, 2.75) is 64.3 Å². The Balaban J connectivity index is 1.49. The number of aromatic nitrogens is 2. The van der Waals surface area contributed by atoms with E-state index < -0.39 is 0 Å². The lowest BCUT2D eigenvalue weighted by Crippen LogP contribution is -2.39. The molecule has 1 aliphatic carbocycles. The molecule has 0 unspecified atom stereocenters. The third-order valence-corrected chi connectivity index (χ3v) is 6.65. The molecular weight excluding hydrogens is 396 g/mol. The highest BCUT2D eigenvalue weighted by molar-refractivity contribution is 7.80. The summed E-state index contributed by atoms with van der Waals surface area (Å²) < 4.78 is 5.53. The number of hydrogen-bond acceptors (Lipinski definition) is 6. The number of ether oxygens (including phenoxy) is 1. The van der Waals surface area contributed by atoms with Gasteiger partial charge in [-0.15, -0.1) is 0 Å². The van der Waals surface area contributed by atoms with Crippen molar-refractivity contribution >= 4 is 34.9 Å². The van der Waals surface area contributed by atoms with Gasteiger partial charge in [0, 0.05) is 38.3 Å². The van der Waals surface area contributed by atoms with Crippen LogP contribution in [0, 0.1) is 5.92 Å². The maximum atomic E-state index is 5.63. The van der Waals surface area contributed by atoms with Gasteiger partial charge >= 0.3 is 0 Å². The summed E-state index contributed by atoms with van der Waals surface area (Å²) >= 11 is 5.63. The second-order valence-corrected chi connectivity index (χ2v) is 9.40. The minimum Gasteiger partial charge on any atom is -0.378 e. The van der Waals surface area contributed by atoms with E-state index in [0.717, 1.165) is 51.0 Å². The molecule has 4 rings (SSSR count). The van der Waals surface area contributed by atoms with Crippen LogP contribution in [0.1, 0.15) is 58.3 Å². The molecule has 166 valence electrons. The molecule has 1 aromatic heterocycles. The second kappa shape index (κ2) is 10.6. The highest BCUT2D eigenvalue weighted by Crippen LogP contribution is 2.26. The number of hydrogen-bond donors (Lipinski definition) is 2. The number of thiocarbonyl (C=S) groups is 1. The molecule has 0 amide bonds. The molecule has 7 nitrogen and oxygen atoms in total. The fourth-order valence-electron chi connectivity index (χ4n) is 4.74. The monoisotopic (exact) mass is 432 g/mol. The number of rotatable bonds is 4. The van der Waals surface area contributed by atoms with E-state index in [2.05, 4.69) is 33.4 Å². The van der Waals surface area contributed by atoms with E-state index >= 15 is 0 Å². The van der Waals surface area contributed by atoms with Crippen LogP contribution in [0.15, 0.2) is 6.07 Å². The zero-order valence-electron chi connectivity index (χ0n) is 18.2. The number of piperidine rings is 1. The molecule has 3 heterocycles. The molecule has 0 aromatic carbocycles. The van der Waals surface area contributed by atoms with Crippen LogP contribution in [0.25, 0.3) is 0 Å². The molecule has 1 atom stereocenters. The molecule has 2 aliphatic heterocycles. The van der Waals surface area contributed by atoms with Gasteiger partial charge in [-0.2, -0.15) is 9.97 Å². The largest absolute Gasteiger partial charge is 0.378 e. The molecule has 8 heteroatoms. The van der Waals surface area contributed by atoms with Crippen molar-refractivity contribution in [1.82, 2.24) is 15.3 Å². The highest BCUT2D eigenvalue weighted by atomic mass is 32.1. The summed E-state index contributed by atoms with van der Waals surface area (Å²) in [5.41, 5.74) is 0. The number of morpholine rings is 1. The number of nitrogens with zero attached hydrogens (tertiary/aromatic N) is 4. The first-order valence-corrected chi connectivity index (χ1v) is 12.1. The van der Waals surface area contributed by atoms with Crippen LogP contribution >= 0.6 is 12.2 Å². The van der Waals surface area contributed by atoms with Gasteiger partial charge in [-0.1, -0.05) is 32.6 Å². The molecule has 0 spiro atoms. The molecule has 3 fully saturated rings. The molecule has 0 bridgehead atoms. The van der Waals surface area contributed by atoms with E-state index in [1.54, 1.807) is 0 Å². The normalized spacial score (nSPS) is 23.7. The lowest BCUT2D eigenvalue weighted by Gasteiger charge is -2.33. The molecule has 30 heavy (non-hydrogen) atoms. The Hall–Kier alpha value is -1.67. The van der Waals surface area contributed by atoms with Crippen molar-refractivity contribution < 1.29 is 4.74 Å². The van der Waals surface area contributed by atoms with Crippen LogP contribution in [-0.2, 0) is 4.74 Å². The van der Waals surface area contributed by atoms with Gasteiger partial charge in [0.25, 0.3) is 0 Å². The van der Waals surface area contributed by atoms with Crippen LogP contribution in [0.5, 0.6) is 0 Å². The van der Waals surface area contributed by atoms with Crippen LogP contribution in [0.4, 0.5) is 17.6 Å². The number of nitrogens with one attached hydrogen (secondary N) is 2. The summed E-state index contributed by atoms with van der Waals surface area (Å²) in [7, 11) is 0. The van der Waals surface area contributed by atoms with Gasteiger partial charge < -0.3 is 25.2 Å². The van der Waals surface area contributed by atoms with Crippen molar-refractivity contribution in [3.63, 3.8) is 0 Å². The Labute approximate surface area is 186 Å². The van der Waals surface area contributed by atoms with Crippen molar-refractivity contribution in [3.05, 3.63) is 6.07 Å². The van der Waals surface area contributed by atoms with Crippen LogP contribution in [0.2, 0.25) is 0 Å². The molecule has 1 saturated carbocycles. The second-order valence-electron chi connectivity index (χ2n) is 8.99. The minimum absolute atomic E-state index is 0.456. The lowest BCUT2D eigenvalue weighted by atomic mass is 10.0. The van der Waals surface area contributed by atoms with Gasteiger partial charge in [0.1, 0.15) is 11.6 Å². The third kappa shape index (κ3) is 5.94. The quantitative estimate of drug-likeness (QED) is 0.553. The van der Waals surface area contributed by atoms with Crippen LogP contribution in [-0.4, -0.2) is 60.5 Å². The van der Waals surface area contributed by atoms with Gasteiger partial charge in [0.05, 0.1) is 13.2 Å². The first-order valence-electron chi connectivity index (χ1n) is 11.7. The third-order valence-electron chi connectivity index (χ3n) is 6.43. The lowest BCUT2D eigenvalue weighted by molar-refractivity contribution is 0.122.